The SMILES string of the molecule is C[C@H](NC(=O)Cn1cncn1)c1cc2c(cc1Br)OCCO2. The van der Waals surface area contributed by atoms with Gasteiger partial charge in [-0.15, -0.1) is 0 Å². The molecule has 0 saturated carbocycles. The summed E-state index contributed by atoms with van der Waals surface area (Å²) in [5.41, 5.74) is 0.927. The maximum Gasteiger partial charge on any atom is 0.242 e. The Kier molecular flexibility index (Phi) is 4.28. The highest BCUT2D eigenvalue weighted by atomic mass is 79.9. The Hall–Kier alpha value is -2.09. The molecule has 1 aromatic heterocycles. The average molecular weight is 367 g/mol. The Balaban J connectivity index is 1.71. The van der Waals surface area contributed by atoms with Gasteiger partial charge in [0.05, 0.1) is 6.04 Å². The highest BCUT2D eigenvalue weighted by Crippen LogP contribution is 2.37. The Morgan fingerprint density at radius 1 is 1.41 bits per heavy atom. The minimum absolute atomic E-state index is 0.131. The first-order valence-corrected chi connectivity index (χ1v) is 7.63. The van der Waals surface area contributed by atoms with E-state index in [9.17, 15) is 4.79 Å². The maximum absolute atomic E-state index is 12.0. The largest absolute Gasteiger partial charge is 0.486 e. The molecular weight excluding hydrogens is 352 g/mol. The average Bonchev–Trinajstić information content (AvgIpc) is 2.99. The zero-order chi connectivity index (χ0) is 15.5. The first-order chi connectivity index (χ1) is 10.6. The lowest BCUT2D eigenvalue weighted by molar-refractivity contribution is -0.122. The topological polar surface area (TPSA) is 78.3 Å². The number of halogens is 1. The standard InChI is InChI=1S/C14H15BrN4O3/c1-9(18-14(20)6-19-8-16-7-17-19)10-4-12-13(5-11(10)15)22-3-2-21-12/h4-5,7-9H,2-3,6H2,1H3,(H,18,20)/t9-/m0/s1. The molecule has 0 bridgehead atoms. The molecule has 1 aliphatic rings. The van der Waals surface area contributed by atoms with Gasteiger partial charge >= 0.3 is 0 Å². The summed E-state index contributed by atoms with van der Waals surface area (Å²) in [6, 6.07) is 3.57. The van der Waals surface area contributed by atoms with Crippen molar-refractivity contribution in [3.05, 3.63) is 34.8 Å². The van der Waals surface area contributed by atoms with Gasteiger partial charge in [-0.2, -0.15) is 5.10 Å². The lowest BCUT2D eigenvalue weighted by atomic mass is 10.1. The molecule has 22 heavy (non-hydrogen) atoms. The molecule has 7 nitrogen and oxygen atoms in total. The summed E-state index contributed by atoms with van der Waals surface area (Å²) < 4.78 is 13.4. The first-order valence-electron chi connectivity index (χ1n) is 6.84. The number of fused-ring (bicyclic) bond motifs is 1. The van der Waals surface area contributed by atoms with Crippen LogP contribution in [0.4, 0.5) is 0 Å². The van der Waals surface area contributed by atoms with Crippen molar-refractivity contribution in [1.29, 1.82) is 0 Å². The van der Waals surface area contributed by atoms with Crippen LogP contribution in [0.5, 0.6) is 11.5 Å². The number of aromatic nitrogens is 3. The lowest BCUT2D eigenvalue weighted by Gasteiger charge is -2.22. The van der Waals surface area contributed by atoms with Crippen molar-refractivity contribution in [2.75, 3.05) is 13.2 Å². The van der Waals surface area contributed by atoms with Crippen LogP contribution in [-0.2, 0) is 11.3 Å². The maximum atomic E-state index is 12.0. The van der Waals surface area contributed by atoms with E-state index in [0.29, 0.717) is 24.7 Å². The van der Waals surface area contributed by atoms with Crippen LogP contribution in [-0.4, -0.2) is 33.9 Å². The monoisotopic (exact) mass is 366 g/mol. The second-order valence-electron chi connectivity index (χ2n) is 4.90. The summed E-state index contributed by atoms with van der Waals surface area (Å²) in [5.74, 6) is 1.27. The van der Waals surface area contributed by atoms with E-state index in [2.05, 4.69) is 31.3 Å². The summed E-state index contributed by atoms with van der Waals surface area (Å²) in [6.07, 6.45) is 2.90. The fourth-order valence-electron chi connectivity index (χ4n) is 2.24. The predicted molar refractivity (Wildman–Crippen MR) is 81.7 cm³/mol. The van der Waals surface area contributed by atoms with Crippen molar-refractivity contribution in [2.45, 2.75) is 19.5 Å². The highest BCUT2D eigenvalue weighted by molar-refractivity contribution is 9.10. The molecule has 1 aliphatic heterocycles. The molecule has 0 radical (unpaired) electrons. The highest BCUT2D eigenvalue weighted by Gasteiger charge is 2.19. The number of hydrogen-bond donors (Lipinski definition) is 1. The fraction of sp³-hybridized carbons (Fsp3) is 0.357. The lowest BCUT2D eigenvalue weighted by Crippen LogP contribution is -2.30. The van der Waals surface area contributed by atoms with Crippen LogP contribution in [0.15, 0.2) is 29.3 Å². The number of carbonyl (C=O) groups is 1. The van der Waals surface area contributed by atoms with Gasteiger partial charge in [0.25, 0.3) is 0 Å². The minimum atomic E-state index is -0.179. The van der Waals surface area contributed by atoms with Crippen LogP contribution in [0.2, 0.25) is 0 Å². The Bertz CT molecular complexity index is 675. The zero-order valence-electron chi connectivity index (χ0n) is 12.0. The molecule has 8 heteroatoms. The normalized spacial score (nSPS) is 14.5. The Morgan fingerprint density at radius 3 is 2.82 bits per heavy atom. The van der Waals surface area contributed by atoms with Gasteiger partial charge in [-0.25, -0.2) is 9.67 Å². The molecule has 116 valence electrons. The molecule has 1 atom stereocenters. The summed E-state index contributed by atoms with van der Waals surface area (Å²) >= 11 is 3.51. The van der Waals surface area contributed by atoms with E-state index in [4.69, 9.17) is 9.47 Å². The molecule has 0 spiro atoms. The zero-order valence-corrected chi connectivity index (χ0v) is 13.5. The summed E-state index contributed by atoms with van der Waals surface area (Å²) in [6.45, 7) is 3.12. The van der Waals surface area contributed by atoms with Crippen LogP contribution >= 0.6 is 15.9 Å². The van der Waals surface area contributed by atoms with Gasteiger partial charge in [0.15, 0.2) is 11.5 Å². The summed E-state index contributed by atoms with van der Waals surface area (Å²) in [4.78, 5) is 15.8. The van der Waals surface area contributed by atoms with Crippen molar-refractivity contribution in [3.8, 4) is 11.5 Å². The number of carbonyl (C=O) groups excluding carboxylic acids is 1. The number of rotatable bonds is 4. The number of benzene rings is 1. The molecule has 1 aromatic carbocycles. The number of nitrogens with one attached hydrogen (secondary N) is 1. The van der Waals surface area contributed by atoms with Crippen LogP contribution in [0.25, 0.3) is 0 Å². The van der Waals surface area contributed by atoms with Gasteiger partial charge in [-0.05, 0) is 24.6 Å². The summed E-state index contributed by atoms with van der Waals surface area (Å²) in [7, 11) is 0. The predicted octanol–water partition coefficient (Wildman–Crippen LogP) is 1.69. The smallest absolute Gasteiger partial charge is 0.242 e. The van der Waals surface area contributed by atoms with Crippen molar-refractivity contribution in [1.82, 2.24) is 20.1 Å². The molecule has 2 aromatic rings. The van der Waals surface area contributed by atoms with Gasteiger partial charge < -0.3 is 14.8 Å². The van der Waals surface area contributed by atoms with E-state index in [1.54, 1.807) is 0 Å². The second kappa shape index (κ2) is 6.35. The molecule has 3 rings (SSSR count). The third kappa shape index (κ3) is 3.22. The van der Waals surface area contributed by atoms with E-state index in [1.807, 2.05) is 19.1 Å². The fourth-order valence-corrected chi connectivity index (χ4v) is 2.90. The molecule has 2 heterocycles. The Morgan fingerprint density at radius 2 is 2.14 bits per heavy atom. The van der Waals surface area contributed by atoms with Crippen LogP contribution < -0.4 is 14.8 Å². The molecule has 1 amide bonds. The molecule has 0 saturated heterocycles. The van der Waals surface area contributed by atoms with E-state index < -0.39 is 0 Å². The van der Waals surface area contributed by atoms with E-state index >= 15 is 0 Å². The van der Waals surface area contributed by atoms with E-state index in [0.717, 1.165) is 10.0 Å². The third-order valence-electron chi connectivity index (χ3n) is 3.28. The van der Waals surface area contributed by atoms with Crippen LogP contribution in [0.3, 0.4) is 0 Å². The van der Waals surface area contributed by atoms with Crippen molar-refractivity contribution < 1.29 is 14.3 Å². The molecule has 0 unspecified atom stereocenters. The number of ether oxygens (including phenoxy) is 2. The van der Waals surface area contributed by atoms with Gasteiger partial charge in [0, 0.05) is 4.47 Å². The van der Waals surface area contributed by atoms with Crippen molar-refractivity contribution in [2.24, 2.45) is 0 Å². The van der Waals surface area contributed by atoms with E-state index in [-0.39, 0.29) is 18.5 Å². The number of amides is 1. The van der Waals surface area contributed by atoms with Crippen LogP contribution in [0, 0.1) is 0 Å². The number of hydrogen-bond acceptors (Lipinski definition) is 5. The van der Waals surface area contributed by atoms with Gasteiger partial charge in [0.2, 0.25) is 5.91 Å². The molecule has 1 N–H and O–H groups in total. The Labute approximate surface area is 135 Å². The molecule has 0 fully saturated rings. The van der Waals surface area contributed by atoms with Gasteiger partial charge in [-0.1, -0.05) is 15.9 Å². The first kappa shape index (κ1) is 14.8. The molecule has 0 aliphatic carbocycles. The molecular formula is C14H15BrN4O3. The summed E-state index contributed by atoms with van der Waals surface area (Å²) in [5, 5.41) is 6.84. The van der Waals surface area contributed by atoms with Crippen molar-refractivity contribution in [3.63, 3.8) is 0 Å². The third-order valence-corrected chi connectivity index (χ3v) is 3.96. The van der Waals surface area contributed by atoms with Crippen molar-refractivity contribution >= 4 is 21.8 Å². The quantitative estimate of drug-likeness (QED) is 0.890. The van der Waals surface area contributed by atoms with Crippen LogP contribution in [0.1, 0.15) is 18.5 Å². The second-order valence-corrected chi connectivity index (χ2v) is 5.75. The van der Waals surface area contributed by atoms with Gasteiger partial charge in [0.1, 0.15) is 32.4 Å². The van der Waals surface area contributed by atoms with Gasteiger partial charge in [-0.3, -0.25) is 4.79 Å². The minimum Gasteiger partial charge on any atom is -0.486 e. The van der Waals surface area contributed by atoms with E-state index in [1.165, 1.54) is 17.3 Å². The number of nitrogens with zero attached hydrogens (tertiary/aromatic N) is 3.